The van der Waals surface area contributed by atoms with E-state index in [9.17, 15) is 14.4 Å². The van der Waals surface area contributed by atoms with Gasteiger partial charge in [0.25, 0.3) is 5.91 Å². The van der Waals surface area contributed by atoms with Gasteiger partial charge in [0.05, 0.1) is 0 Å². The first-order chi connectivity index (χ1) is 12.4. The van der Waals surface area contributed by atoms with Gasteiger partial charge in [0.15, 0.2) is 0 Å². The molecule has 2 fully saturated rings. The summed E-state index contributed by atoms with van der Waals surface area (Å²) in [7, 11) is 0. The van der Waals surface area contributed by atoms with Crippen molar-refractivity contribution in [2.24, 2.45) is 11.8 Å². The van der Waals surface area contributed by atoms with Crippen molar-refractivity contribution in [2.45, 2.75) is 45.6 Å². The molecule has 0 spiro atoms. The van der Waals surface area contributed by atoms with Gasteiger partial charge in [-0.15, -0.1) is 0 Å². The van der Waals surface area contributed by atoms with Gasteiger partial charge >= 0.3 is 0 Å². The van der Waals surface area contributed by atoms with Crippen LogP contribution in [-0.2, 0) is 9.59 Å². The van der Waals surface area contributed by atoms with Gasteiger partial charge in [-0.25, -0.2) is 0 Å². The number of hydrogen-bond acceptors (Lipinski definition) is 3. The van der Waals surface area contributed by atoms with Gasteiger partial charge in [0, 0.05) is 42.2 Å². The monoisotopic (exact) mass is 357 g/mol. The predicted octanol–water partition coefficient (Wildman–Crippen LogP) is 2.41. The molecular formula is C20H27N3O3. The first-order valence-electron chi connectivity index (χ1n) is 9.44. The first kappa shape index (κ1) is 18.4. The summed E-state index contributed by atoms with van der Waals surface area (Å²) in [6.45, 7) is 5.07. The van der Waals surface area contributed by atoms with Crippen molar-refractivity contribution in [3.05, 3.63) is 29.8 Å². The summed E-state index contributed by atoms with van der Waals surface area (Å²) in [5, 5.41) is 5.87. The van der Waals surface area contributed by atoms with E-state index in [4.69, 9.17) is 0 Å². The van der Waals surface area contributed by atoms with Gasteiger partial charge in [-0.3, -0.25) is 14.4 Å². The van der Waals surface area contributed by atoms with E-state index in [-0.39, 0.29) is 29.6 Å². The molecule has 0 radical (unpaired) electrons. The predicted molar refractivity (Wildman–Crippen MR) is 99.7 cm³/mol. The number of anilines is 1. The summed E-state index contributed by atoms with van der Waals surface area (Å²) in [6, 6.07) is 7.32. The molecule has 140 valence electrons. The number of benzene rings is 1. The minimum Gasteiger partial charge on any atom is -0.349 e. The molecule has 1 aliphatic heterocycles. The van der Waals surface area contributed by atoms with Crippen molar-refractivity contribution >= 4 is 23.4 Å². The van der Waals surface area contributed by atoms with Crippen LogP contribution >= 0.6 is 0 Å². The molecule has 1 aromatic carbocycles. The number of rotatable bonds is 5. The van der Waals surface area contributed by atoms with Crippen LogP contribution in [0.4, 0.5) is 5.69 Å². The Morgan fingerprint density at radius 3 is 2.15 bits per heavy atom. The van der Waals surface area contributed by atoms with Crippen molar-refractivity contribution in [1.82, 2.24) is 10.2 Å². The number of hydrogen-bond donors (Lipinski definition) is 2. The second-order valence-electron chi connectivity index (χ2n) is 7.57. The third-order valence-corrected chi connectivity index (χ3v) is 5.00. The lowest BCUT2D eigenvalue weighted by Crippen LogP contribution is -2.43. The molecule has 2 aliphatic rings. The van der Waals surface area contributed by atoms with Crippen LogP contribution in [0.3, 0.4) is 0 Å². The highest BCUT2D eigenvalue weighted by Crippen LogP contribution is 2.22. The van der Waals surface area contributed by atoms with Gasteiger partial charge in [0.2, 0.25) is 11.8 Å². The van der Waals surface area contributed by atoms with E-state index in [0.29, 0.717) is 43.2 Å². The highest BCUT2D eigenvalue weighted by atomic mass is 16.2. The zero-order valence-corrected chi connectivity index (χ0v) is 15.5. The van der Waals surface area contributed by atoms with E-state index in [1.165, 1.54) is 0 Å². The van der Waals surface area contributed by atoms with E-state index < -0.39 is 0 Å². The molecule has 3 amide bonds. The normalized spacial score (nSPS) is 17.9. The van der Waals surface area contributed by atoms with Crippen molar-refractivity contribution in [3.63, 3.8) is 0 Å². The van der Waals surface area contributed by atoms with Crippen LogP contribution in [0.15, 0.2) is 24.3 Å². The van der Waals surface area contributed by atoms with Gasteiger partial charge in [-0.2, -0.15) is 0 Å². The lowest BCUT2D eigenvalue weighted by Gasteiger charge is -2.32. The summed E-state index contributed by atoms with van der Waals surface area (Å²) >= 11 is 0. The molecule has 0 bridgehead atoms. The number of amides is 3. The average Bonchev–Trinajstić information content (AvgIpc) is 3.45. The fourth-order valence-electron chi connectivity index (χ4n) is 3.17. The molecule has 1 saturated heterocycles. The first-order valence-corrected chi connectivity index (χ1v) is 9.44. The maximum Gasteiger partial charge on any atom is 0.251 e. The minimum atomic E-state index is -0.0796. The molecular weight excluding hydrogens is 330 g/mol. The number of nitrogens with one attached hydrogen (secondary N) is 2. The largest absolute Gasteiger partial charge is 0.349 e. The summed E-state index contributed by atoms with van der Waals surface area (Å²) in [5.74, 6) is -0.00613. The van der Waals surface area contributed by atoms with Gasteiger partial charge in [-0.1, -0.05) is 13.8 Å². The van der Waals surface area contributed by atoms with Crippen molar-refractivity contribution in [2.75, 3.05) is 18.4 Å². The van der Waals surface area contributed by atoms with E-state index in [1.807, 2.05) is 18.7 Å². The third-order valence-electron chi connectivity index (χ3n) is 5.00. The smallest absolute Gasteiger partial charge is 0.251 e. The molecule has 3 rings (SSSR count). The Bertz CT molecular complexity index is 672. The molecule has 6 heteroatoms. The highest BCUT2D eigenvalue weighted by Gasteiger charge is 2.28. The van der Waals surface area contributed by atoms with E-state index in [1.54, 1.807) is 24.3 Å². The van der Waals surface area contributed by atoms with Crippen LogP contribution in [-0.4, -0.2) is 41.8 Å². The summed E-state index contributed by atoms with van der Waals surface area (Å²) in [6.07, 6.45) is 3.49. The van der Waals surface area contributed by atoms with Gasteiger partial charge in [0.1, 0.15) is 0 Å². The van der Waals surface area contributed by atoms with E-state index >= 15 is 0 Å². The quantitative estimate of drug-likeness (QED) is 0.849. The van der Waals surface area contributed by atoms with Gasteiger partial charge < -0.3 is 15.5 Å². The Balaban J connectivity index is 1.49. The SMILES string of the molecule is CC(C)C(=O)N1CCC(C(=O)Nc2ccc(C(=O)NC3CC3)cc2)CC1. The number of carbonyl (C=O) groups excluding carboxylic acids is 3. The second kappa shape index (κ2) is 7.89. The maximum atomic E-state index is 12.5. The number of nitrogens with zero attached hydrogens (tertiary/aromatic N) is 1. The Morgan fingerprint density at radius 2 is 1.62 bits per heavy atom. The Morgan fingerprint density at radius 1 is 1.00 bits per heavy atom. The number of likely N-dealkylation sites (tertiary alicyclic amines) is 1. The average molecular weight is 357 g/mol. The van der Waals surface area contributed by atoms with E-state index in [0.717, 1.165) is 12.8 Å². The molecule has 1 aromatic rings. The molecule has 0 unspecified atom stereocenters. The summed E-state index contributed by atoms with van der Waals surface area (Å²) in [4.78, 5) is 38.3. The fraction of sp³-hybridized carbons (Fsp3) is 0.550. The summed E-state index contributed by atoms with van der Waals surface area (Å²) < 4.78 is 0. The van der Waals surface area contributed by atoms with Crippen LogP contribution < -0.4 is 10.6 Å². The Kier molecular flexibility index (Phi) is 5.59. The molecule has 1 heterocycles. The molecule has 1 saturated carbocycles. The molecule has 0 atom stereocenters. The Labute approximate surface area is 154 Å². The molecule has 0 aromatic heterocycles. The topological polar surface area (TPSA) is 78.5 Å². The fourth-order valence-corrected chi connectivity index (χ4v) is 3.17. The van der Waals surface area contributed by atoms with Crippen LogP contribution in [0, 0.1) is 11.8 Å². The zero-order chi connectivity index (χ0) is 18.7. The van der Waals surface area contributed by atoms with Crippen LogP contribution in [0.2, 0.25) is 0 Å². The maximum absolute atomic E-state index is 12.5. The molecule has 1 aliphatic carbocycles. The van der Waals surface area contributed by atoms with Crippen molar-refractivity contribution < 1.29 is 14.4 Å². The van der Waals surface area contributed by atoms with Crippen molar-refractivity contribution in [3.8, 4) is 0 Å². The Hall–Kier alpha value is -2.37. The van der Waals surface area contributed by atoms with Gasteiger partial charge in [-0.05, 0) is 49.9 Å². The van der Waals surface area contributed by atoms with Crippen LogP contribution in [0.5, 0.6) is 0 Å². The third kappa shape index (κ3) is 4.62. The highest BCUT2D eigenvalue weighted by molar-refractivity contribution is 5.96. The molecule has 26 heavy (non-hydrogen) atoms. The minimum absolute atomic E-state index is 0.00370. The zero-order valence-electron chi connectivity index (χ0n) is 15.5. The molecule has 6 nitrogen and oxygen atoms in total. The van der Waals surface area contributed by atoms with Crippen molar-refractivity contribution in [1.29, 1.82) is 0 Å². The number of piperidine rings is 1. The van der Waals surface area contributed by atoms with E-state index in [2.05, 4.69) is 10.6 Å². The number of carbonyl (C=O) groups is 3. The van der Waals surface area contributed by atoms with Crippen LogP contribution in [0.1, 0.15) is 49.9 Å². The molecule has 2 N–H and O–H groups in total. The second-order valence-corrected chi connectivity index (χ2v) is 7.57. The standard InChI is InChI=1S/C20H27N3O3/c1-13(2)20(26)23-11-9-15(10-12-23)19(25)21-16-5-3-14(4-6-16)18(24)22-17-7-8-17/h3-6,13,15,17H,7-12H2,1-2H3,(H,21,25)(H,22,24). The van der Waals surface area contributed by atoms with Crippen LogP contribution in [0.25, 0.3) is 0 Å². The lowest BCUT2D eigenvalue weighted by atomic mass is 9.95. The summed E-state index contributed by atoms with van der Waals surface area (Å²) in [5.41, 5.74) is 1.30. The lowest BCUT2D eigenvalue weighted by molar-refractivity contribution is -0.137.